The van der Waals surface area contributed by atoms with Crippen molar-refractivity contribution >= 4 is 40.8 Å². The molecule has 2 amide bonds. The highest BCUT2D eigenvalue weighted by Gasteiger charge is 2.21. The fraction of sp³-hybridized carbons (Fsp3) is 0.167. The number of pyridine rings is 1. The van der Waals surface area contributed by atoms with Crippen molar-refractivity contribution in [3.8, 4) is 0 Å². The quantitative estimate of drug-likeness (QED) is 0.361. The molecular weight excluding hydrogens is 480 g/mol. The van der Waals surface area contributed by atoms with Gasteiger partial charge in [0, 0.05) is 24.8 Å². The van der Waals surface area contributed by atoms with Crippen LogP contribution in [0.5, 0.6) is 0 Å². The summed E-state index contributed by atoms with van der Waals surface area (Å²) >= 11 is 5.78. The summed E-state index contributed by atoms with van der Waals surface area (Å²) in [6.07, 6.45) is 1.33. The standard InChI is InChI=1S/C24H20ClF2N5O3/c25-15-2-6-21(29-13-15)31-24(34)18-12-16(26)3-5-20(18)30-23(33)17-4-1-14(11-19(17)27)22(28)32-7-9-35-10-8-32/h1-6,11-13,28H,7-10H2,(H,30,33)(H,29,31,34). The highest BCUT2D eigenvalue weighted by Crippen LogP contribution is 2.21. The number of rotatable bonds is 5. The average Bonchev–Trinajstić information content (AvgIpc) is 2.86. The van der Waals surface area contributed by atoms with Crippen molar-refractivity contribution in [2.24, 2.45) is 0 Å². The summed E-state index contributed by atoms with van der Waals surface area (Å²) in [6.45, 7) is 1.99. The molecule has 1 aliphatic heterocycles. The Balaban J connectivity index is 1.52. The molecule has 1 aromatic heterocycles. The molecule has 3 N–H and O–H groups in total. The molecule has 0 unspecified atom stereocenters. The van der Waals surface area contributed by atoms with Crippen LogP contribution in [-0.4, -0.2) is 53.8 Å². The molecule has 8 nitrogen and oxygen atoms in total. The van der Waals surface area contributed by atoms with Crippen LogP contribution in [0, 0.1) is 17.0 Å². The van der Waals surface area contributed by atoms with Crippen LogP contribution in [0.2, 0.25) is 5.02 Å². The molecule has 2 aromatic carbocycles. The Labute approximate surface area is 204 Å². The molecule has 1 saturated heterocycles. The van der Waals surface area contributed by atoms with E-state index in [9.17, 15) is 18.4 Å². The summed E-state index contributed by atoms with van der Waals surface area (Å²) in [4.78, 5) is 31.2. The Bertz CT molecular complexity index is 1280. The predicted octanol–water partition coefficient (Wildman–Crippen LogP) is 4.18. The van der Waals surface area contributed by atoms with Gasteiger partial charge in [-0.25, -0.2) is 13.8 Å². The summed E-state index contributed by atoms with van der Waals surface area (Å²) in [5.74, 6) is -2.80. The van der Waals surface area contributed by atoms with Gasteiger partial charge in [-0.1, -0.05) is 17.7 Å². The number of hydrogen-bond donors (Lipinski definition) is 3. The first kappa shape index (κ1) is 24.2. The normalized spacial score (nSPS) is 13.3. The van der Waals surface area contributed by atoms with Crippen LogP contribution in [-0.2, 0) is 4.74 Å². The van der Waals surface area contributed by atoms with Crippen molar-refractivity contribution in [3.63, 3.8) is 0 Å². The molecule has 11 heteroatoms. The van der Waals surface area contributed by atoms with Gasteiger partial charge in [-0.2, -0.15) is 0 Å². The minimum absolute atomic E-state index is 0.0209. The summed E-state index contributed by atoms with van der Waals surface area (Å²) in [5, 5.41) is 13.6. The van der Waals surface area contributed by atoms with Gasteiger partial charge in [-0.15, -0.1) is 0 Å². The second-order valence-corrected chi connectivity index (χ2v) is 8.04. The van der Waals surface area contributed by atoms with E-state index < -0.39 is 23.4 Å². The number of ether oxygens (including phenoxy) is 1. The maximum Gasteiger partial charge on any atom is 0.259 e. The van der Waals surface area contributed by atoms with Crippen LogP contribution in [0.4, 0.5) is 20.3 Å². The lowest BCUT2D eigenvalue weighted by atomic mass is 10.1. The van der Waals surface area contributed by atoms with Gasteiger partial charge in [0.1, 0.15) is 23.3 Å². The molecular formula is C24H20ClF2N5O3. The zero-order valence-corrected chi connectivity index (χ0v) is 19.0. The zero-order valence-electron chi connectivity index (χ0n) is 18.3. The molecule has 0 saturated carbocycles. The minimum atomic E-state index is -0.837. The third-order valence-corrected chi connectivity index (χ3v) is 5.48. The molecule has 0 aliphatic carbocycles. The Kier molecular flexibility index (Phi) is 7.33. The summed E-state index contributed by atoms with van der Waals surface area (Å²) in [7, 11) is 0. The van der Waals surface area contributed by atoms with Gasteiger partial charge in [-0.3, -0.25) is 15.0 Å². The third-order valence-electron chi connectivity index (χ3n) is 5.26. The Morgan fingerprint density at radius 2 is 1.71 bits per heavy atom. The Morgan fingerprint density at radius 1 is 0.971 bits per heavy atom. The Hall–Kier alpha value is -3.89. The topological polar surface area (TPSA) is 107 Å². The highest BCUT2D eigenvalue weighted by molar-refractivity contribution is 6.30. The lowest BCUT2D eigenvalue weighted by molar-refractivity contribution is 0.0680. The Morgan fingerprint density at radius 3 is 2.40 bits per heavy atom. The number of nitrogens with one attached hydrogen (secondary N) is 3. The predicted molar refractivity (Wildman–Crippen MR) is 127 cm³/mol. The lowest BCUT2D eigenvalue weighted by Crippen LogP contribution is -2.40. The average molecular weight is 500 g/mol. The van der Waals surface area contributed by atoms with E-state index in [0.717, 1.165) is 18.2 Å². The smallest absolute Gasteiger partial charge is 0.259 e. The van der Waals surface area contributed by atoms with Gasteiger partial charge < -0.3 is 20.3 Å². The maximum atomic E-state index is 14.8. The van der Waals surface area contributed by atoms with Crippen LogP contribution in [0.1, 0.15) is 26.3 Å². The van der Waals surface area contributed by atoms with E-state index >= 15 is 0 Å². The molecule has 180 valence electrons. The van der Waals surface area contributed by atoms with Crippen molar-refractivity contribution in [3.05, 3.63) is 88.1 Å². The van der Waals surface area contributed by atoms with E-state index in [-0.39, 0.29) is 28.5 Å². The first-order valence-electron chi connectivity index (χ1n) is 10.6. The molecule has 0 spiro atoms. The van der Waals surface area contributed by atoms with Crippen LogP contribution < -0.4 is 10.6 Å². The SMILES string of the molecule is N=C(c1ccc(C(=O)Nc2ccc(F)cc2C(=O)Nc2ccc(Cl)cn2)c(F)c1)N1CCOCC1. The fourth-order valence-electron chi connectivity index (χ4n) is 3.45. The van der Waals surface area contributed by atoms with Gasteiger partial charge in [0.05, 0.1) is 35.1 Å². The van der Waals surface area contributed by atoms with Crippen molar-refractivity contribution in [2.75, 3.05) is 36.9 Å². The number of aromatic nitrogens is 1. The number of hydrogen-bond acceptors (Lipinski definition) is 5. The number of nitrogens with zero attached hydrogens (tertiary/aromatic N) is 2. The second-order valence-electron chi connectivity index (χ2n) is 7.60. The summed E-state index contributed by atoms with van der Waals surface area (Å²) in [5.41, 5.74) is -0.175. The molecule has 4 rings (SSSR count). The molecule has 0 atom stereocenters. The number of amides is 2. The molecule has 1 aliphatic rings. The van der Waals surface area contributed by atoms with Gasteiger partial charge in [0.2, 0.25) is 0 Å². The van der Waals surface area contributed by atoms with Gasteiger partial charge in [0.15, 0.2) is 0 Å². The van der Waals surface area contributed by atoms with E-state index in [0.29, 0.717) is 36.9 Å². The van der Waals surface area contributed by atoms with Crippen molar-refractivity contribution in [1.29, 1.82) is 5.41 Å². The number of carbonyl (C=O) groups is 2. The van der Waals surface area contributed by atoms with E-state index in [1.807, 2.05) is 0 Å². The van der Waals surface area contributed by atoms with Crippen LogP contribution in [0.3, 0.4) is 0 Å². The van der Waals surface area contributed by atoms with Crippen molar-refractivity contribution < 1.29 is 23.1 Å². The molecule has 35 heavy (non-hydrogen) atoms. The van der Waals surface area contributed by atoms with Crippen LogP contribution >= 0.6 is 11.6 Å². The minimum Gasteiger partial charge on any atom is -0.378 e. The third kappa shape index (κ3) is 5.79. The zero-order chi connectivity index (χ0) is 24.9. The van der Waals surface area contributed by atoms with Crippen molar-refractivity contribution in [1.82, 2.24) is 9.88 Å². The van der Waals surface area contributed by atoms with Gasteiger partial charge >= 0.3 is 0 Å². The molecule has 0 radical (unpaired) electrons. The number of morpholine rings is 1. The monoisotopic (exact) mass is 499 g/mol. The van der Waals surface area contributed by atoms with E-state index in [4.69, 9.17) is 21.7 Å². The first-order valence-corrected chi connectivity index (χ1v) is 10.9. The largest absolute Gasteiger partial charge is 0.378 e. The van der Waals surface area contributed by atoms with Gasteiger partial charge in [-0.05, 0) is 42.5 Å². The second kappa shape index (κ2) is 10.6. The van der Waals surface area contributed by atoms with Crippen LogP contribution in [0.25, 0.3) is 0 Å². The van der Waals surface area contributed by atoms with Crippen LogP contribution in [0.15, 0.2) is 54.7 Å². The number of amidine groups is 1. The molecule has 3 aromatic rings. The lowest BCUT2D eigenvalue weighted by Gasteiger charge is -2.29. The number of halogens is 3. The number of benzene rings is 2. The highest BCUT2D eigenvalue weighted by atomic mass is 35.5. The van der Waals surface area contributed by atoms with E-state index in [1.54, 1.807) is 4.90 Å². The maximum absolute atomic E-state index is 14.8. The van der Waals surface area contributed by atoms with Crippen molar-refractivity contribution in [2.45, 2.75) is 0 Å². The van der Waals surface area contributed by atoms with E-state index in [2.05, 4.69) is 15.6 Å². The number of carbonyl (C=O) groups excluding carboxylic acids is 2. The molecule has 0 bridgehead atoms. The van der Waals surface area contributed by atoms with E-state index in [1.165, 1.54) is 36.5 Å². The first-order chi connectivity index (χ1) is 16.8. The summed E-state index contributed by atoms with van der Waals surface area (Å²) in [6, 6.07) is 10.0. The molecule has 2 heterocycles. The summed E-state index contributed by atoms with van der Waals surface area (Å²) < 4.78 is 34.0. The van der Waals surface area contributed by atoms with Gasteiger partial charge in [0.25, 0.3) is 11.8 Å². The molecule has 1 fully saturated rings. The fourth-order valence-corrected chi connectivity index (χ4v) is 3.56. The number of anilines is 2.